The molecule has 0 aromatic heterocycles. The average Bonchev–Trinajstić information content (AvgIpc) is 2.69. The largest absolute Gasteiger partial charge is 0.378 e. The Balaban J connectivity index is 1.75. The maximum atomic E-state index is 12.7. The van der Waals surface area contributed by atoms with Gasteiger partial charge in [-0.15, -0.1) is 0 Å². The summed E-state index contributed by atoms with van der Waals surface area (Å²) in [7, 11) is 6.27. The predicted molar refractivity (Wildman–Crippen MR) is 116 cm³/mol. The van der Waals surface area contributed by atoms with Gasteiger partial charge in [0.1, 0.15) is 0 Å². The molecule has 1 aliphatic heterocycles. The third kappa shape index (κ3) is 5.12. The first kappa shape index (κ1) is 20.4. The van der Waals surface area contributed by atoms with Crippen LogP contribution in [0.15, 0.2) is 48.5 Å². The molecule has 1 fully saturated rings. The molecule has 1 atom stereocenters. The zero-order valence-corrected chi connectivity index (χ0v) is 17.5. The molecule has 2 aromatic carbocycles. The van der Waals surface area contributed by atoms with Gasteiger partial charge in [0.25, 0.3) is 5.91 Å². The smallest absolute Gasteiger partial charge is 0.251 e. The Morgan fingerprint density at radius 1 is 1.07 bits per heavy atom. The molecule has 3 rings (SSSR count). The number of carbonyl (C=O) groups excluding carboxylic acids is 1. The normalized spacial score (nSPS) is 16.6. The maximum absolute atomic E-state index is 12.7. The van der Waals surface area contributed by atoms with Gasteiger partial charge in [-0.25, -0.2) is 0 Å². The van der Waals surface area contributed by atoms with Gasteiger partial charge in [-0.1, -0.05) is 29.8 Å². The minimum Gasteiger partial charge on any atom is -0.378 e. The second-order valence-electron chi connectivity index (χ2n) is 7.92. The fourth-order valence-electron chi connectivity index (χ4n) is 3.66. The van der Waals surface area contributed by atoms with Gasteiger partial charge in [0.15, 0.2) is 0 Å². The van der Waals surface area contributed by atoms with E-state index >= 15 is 0 Å². The molecule has 0 bridgehead atoms. The van der Waals surface area contributed by atoms with Gasteiger partial charge >= 0.3 is 0 Å². The lowest BCUT2D eigenvalue weighted by molar-refractivity contribution is 0.0886. The summed E-state index contributed by atoms with van der Waals surface area (Å²) in [6, 6.07) is 16.6. The van der Waals surface area contributed by atoms with E-state index in [2.05, 4.69) is 65.4 Å². The summed E-state index contributed by atoms with van der Waals surface area (Å²) >= 11 is 0. The van der Waals surface area contributed by atoms with Gasteiger partial charge in [-0.3, -0.25) is 9.69 Å². The van der Waals surface area contributed by atoms with E-state index in [1.165, 1.54) is 11.3 Å². The highest BCUT2D eigenvalue weighted by molar-refractivity contribution is 5.94. The Morgan fingerprint density at radius 3 is 2.36 bits per heavy atom. The predicted octanol–water partition coefficient (Wildman–Crippen LogP) is 2.78. The standard InChI is InChI=1S/C23H32N4O/c1-18-6-5-7-20(16-18)23(28)24-17-22(27-14-12-26(4)13-15-27)19-8-10-21(11-9-19)25(2)3/h5-11,16,22H,12-15,17H2,1-4H3,(H,24,28)/t22-/m0/s1. The number of carbonyl (C=O) groups is 1. The first-order valence-corrected chi connectivity index (χ1v) is 9.99. The second-order valence-corrected chi connectivity index (χ2v) is 7.92. The van der Waals surface area contributed by atoms with Crippen LogP contribution in [0.5, 0.6) is 0 Å². The maximum Gasteiger partial charge on any atom is 0.251 e. The number of amides is 1. The molecule has 1 aliphatic rings. The quantitative estimate of drug-likeness (QED) is 0.836. The van der Waals surface area contributed by atoms with E-state index in [4.69, 9.17) is 0 Å². The van der Waals surface area contributed by atoms with Crippen LogP contribution in [-0.2, 0) is 0 Å². The van der Waals surface area contributed by atoms with E-state index < -0.39 is 0 Å². The molecule has 0 aliphatic carbocycles. The minimum atomic E-state index is -0.00672. The molecule has 0 radical (unpaired) electrons. The van der Waals surface area contributed by atoms with Crippen LogP contribution in [0, 0.1) is 6.92 Å². The number of benzene rings is 2. The lowest BCUT2D eigenvalue weighted by Crippen LogP contribution is -2.48. The molecule has 2 aromatic rings. The highest BCUT2D eigenvalue weighted by Crippen LogP contribution is 2.24. The van der Waals surface area contributed by atoms with Crippen LogP contribution >= 0.6 is 0 Å². The first-order valence-electron chi connectivity index (χ1n) is 9.99. The van der Waals surface area contributed by atoms with E-state index in [1.54, 1.807) is 0 Å². The zero-order valence-electron chi connectivity index (χ0n) is 17.5. The fourth-order valence-corrected chi connectivity index (χ4v) is 3.66. The van der Waals surface area contributed by atoms with Crippen LogP contribution in [0.1, 0.15) is 27.5 Å². The number of aryl methyl sites for hydroxylation is 1. The van der Waals surface area contributed by atoms with Gasteiger partial charge in [0, 0.05) is 58.1 Å². The van der Waals surface area contributed by atoms with Gasteiger partial charge in [0.2, 0.25) is 0 Å². The fraction of sp³-hybridized carbons (Fsp3) is 0.435. The molecule has 1 heterocycles. The monoisotopic (exact) mass is 380 g/mol. The molecule has 1 saturated heterocycles. The number of nitrogens with one attached hydrogen (secondary N) is 1. The summed E-state index contributed by atoms with van der Waals surface area (Å²) in [4.78, 5) is 19.6. The minimum absolute atomic E-state index is 0.00672. The number of piperazine rings is 1. The number of anilines is 1. The van der Waals surface area contributed by atoms with Crippen molar-refractivity contribution >= 4 is 11.6 Å². The lowest BCUT2D eigenvalue weighted by atomic mass is 10.0. The SMILES string of the molecule is Cc1cccc(C(=O)NC[C@@H](c2ccc(N(C)C)cc2)N2CCN(C)CC2)c1. The Hall–Kier alpha value is -2.37. The van der Waals surface area contributed by atoms with Crippen molar-refractivity contribution in [3.63, 3.8) is 0 Å². The number of rotatable bonds is 6. The molecule has 1 N–H and O–H groups in total. The third-order valence-electron chi connectivity index (χ3n) is 5.51. The lowest BCUT2D eigenvalue weighted by Gasteiger charge is -2.38. The van der Waals surface area contributed by atoms with Gasteiger partial charge in [-0.05, 0) is 43.8 Å². The Labute approximate surface area is 168 Å². The van der Waals surface area contributed by atoms with Crippen molar-refractivity contribution in [2.45, 2.75) is 13.0 Å². The van der Waals surface area contributed by atoms with E-state index in [0.29, 0.717) is 6.54 Å². The van der Waals surface area contributed by atoms with Crippen molar-refractivity contribution in [3.05, 3.63) is 65.2 Å². The Bertz CT molecular complexity index is 779. The van der Waals surface area contributed by atoms with Gasteiger partial charge in [0.05, 0.1) is 6.04 Å². The van der Waals surface area contributed by atoms with Crippen molar-refractivity contribution in [1.82, 2.24) is 15.1 Å². The molecule has 28 heavy (non-hydrogen) atoms. The van der Waals surface area contributed by atoms with Crippen LogP contribution in [0.4, 0.5) is 5.69 Å². The average molecular weight is 381 g/mol. The summed E-state index contributed by atoms with van der Waals surface area (Å²) < 4.78 is 0. The Kier molecular flexibility index (Phi) is 6.70. The summed E-state index contributed by atoms with van der Waals surface area (Å²) in [6.07, 6.45) is 0. The van der Waals surface area contributed by atoms with E-state index in [1.807, 2.05) is 31.2 Å². The first-order chi connectivity index (χ1) is 13.4. The number of hydrogen-bond acceptors (Lipinski definition) is 4. The van der Waals surface area contributed by atoms with Crippen molar-refractivity contribution in [2.75, 3.05) is 58.8 Å². The number of nitrogens with zero attached hydrogens (tertiary/aromatic N) is 3. The van der Waals surface area contributed by atoms with Crippen molar-refractivity contribution in [1.29, 1.82) is 0 Å². The summed E-state index contributed by atoms with van der Waals surface area (Å²) in [5.41, 5.74) is 4.26. The molecule has 0 spiro atoms. The highest BCUT2D eigenvalue weighted by atomic mass is 16.1. The van der Waals surface area contributed by atoms with Crippen LogP contribution < -0.4 is 10.2 Å². The Morgan fingerprint density at radius 2 is 1.75 bits per heavy atom. The molecule has 0 unspecified atom stereocenters. The highest BCUT2D eigenvalue weighted by Gasteiger charge is 2.24. The summed E-state index contributed by atoms with van der Waals surface area (Å²) in [6.45, 7) is 6.75. The molecule has 5 nitrogen and oxygen atoms in total. The van der Waals surface area contributed by atoms with Crippen molar-refractivity contribution < 1.29 is 4.79 Å². The molecule has 150 valence electrons. The molecule has 5 heteroatoms. The van der Waals surface area contributed by atoms with Crippen LogP contribution in [0.3, 0.4) is 0 Å². The second kappa shape index (κ2) is 9.22. The van der Waals surface area contributed by atoms with Crippen molar-refractivity contribution in [3.8, 4) is 0 Å². The summed E-state index contributed by atoms with van der Waals surface area (Å²) in [5, 5.41) is 3.17. The van der Waals surface area contributed by atoms with Crippen molar-refractivity contribution in [2.24, 2.45) is 0 Å². The molecule has 0 saturated carbocycles. The number of likely N-dealkylation sites (N-methyl/N-ethyl adjacent to an activating group) is 1. The molecule has 1 amide bonds. The van der Waals surface area contributed by atoms with Crippen LogP contribution in [0.25, 0.3) is 0 Å². The van der Waals surface area contributed by atoms with E-state index in [-0.39, 0.29) is 11.9 Å². The van der Waals surface area contributed by atoms with Gasteiger partial charge in [-0.2, -0.15) is 0 Å². The van der Waals surface area contributed by atoms with Crippen LogP contribution in [0.2, 0.25) is 0 Å². The van der Waals surface area contributed by atoms with E-state index in [9.17, 15) is 4.79 Å². The summed E-state index contributed by atoms with van der Waals surface area (Å²) in [5.74, 6) is -0.00672. The molecular weight excluding hydrogens is 348 g/mol. The van der Waals surface area contributed by atoms with Gasteiger partial charge < -0.3 is 15.1 Å². The number of hydrogen-bond donors (Lipinski definition) is 1. The van der Waals surface area contributed by atoms with Crippen LogP contribution in [-0.4, -0.2) is 69.6 Å². The zero-order chi connectivity index (χ0) is 20.1. The molecular formula is C23H32N4O. The third-order valence-corrected chi connectivity index (χ3v) is 5.51. The topological polar surface area (TPSA) is 38.8 Å². The van der Waals surface area contributed by atoms with E-state index in [0.717, 1.165) is 37.3 Å².